The van der Waals surface area contributed by atoms with Crippen molar-refractivity contribution >= 4 is 66.8 Å². The molecule has 2 aliphatic heterocycles. The lowest BCUT2D eigenvalue weighted by Gasteiger charge is -2.46. The third-order valence-electron chi connectivity index (χ3n) is 12.7. The summed E-state index contributed by atoms with van der Waals surface area (Å²) in [6.45, 7) is 7.13. The Kier molecular flexibility index (Phi) is 13.9. The molecule has 0 aromatic heterocycles. The van der Waals surface area contributed by atoms with Gasteiger partial charge in [-0.2, -0.15) is 0 Å². The van der Waals surface area contributed by atoms with Crippen molar-refractivity contribution in [3.05, 3.63) is 136 Å². The van der Waals surface area contributed by atoms with E-state index >= 15 is 0 Å². The fraction of sp³-hybridized carbons (Fsp3) is 0.367. The topological polar surface area (TPSA) is 134 Å². The van der Waals surface area contributed by atoms with Gasteiger partial charge in [-0.1, -0.05) is 130 Å². The van der Waals surface area contributed by atoms with Crippen LogP contribution in [0.25, 0.3) is 11.6 Å². The van der Waals surface area contributed by atoms with E-state index in [0.717, 1.165) is 38.2 Å². The SMILES string of the molecule is CC(C)(C)[Si](OCC1=C2[C@@H](CC/C(=C/c3ccc(O)cc3Cl)c3ccccc3)OB(O)C[C@@H]2[C@@H]2C(=O)N(CCCCCC(=O)O)C(=O)[C@@H]2C1)(c1ccccc1)c1ccccc1. The lowest BCUT2D eigenvalue weighted by Crippen LogP contribution is -2.66. The highest BCUT2D eigenvalue weighted by molar-refractivity contribution is 6.99. The van der Waals surface area contributed by atoms with Crippen molar-refractivity contribution in [2.24, 2.45) is 17.8 Å². The second kappa shape index (κ2) is 19.1. The van der Waals surface area contributed by atoms with Crippen LogP contribution >= 0.6 is 11.6 Å². The number of unbranched alkanes of at least 4 members (excludes halogenated alkanes) is 2. The molecule has 2 heterocycles. The van der Waals surface area contributed by atoms with Crippen LogP contribution in [0.5, 0.6) is 5.75 Å². The van der Waals surface area contributed by atoms with Crippen LogP contribution in [0.2, 0.25) is 16.4 Å². The first-order valence-corrected chi connectivity index (χ1v) is 23.7. The average molecular weight is 860 g/mol. The minimum absolute atomic E-state index is 0.0413. The summed E-state index contributed by atoms with van der Waals surface area (Å²) in [6.07, 6.45) is 4.55. The summed E-state index contributed by atoms with van der Waals surface area (Å²) in [5.41, 5.74) is 4.59. The number of carboxylic acid groups (broad SMARTS) is 1. The van der Waals surface area contributed by atoms with Gasteiger partial charge in [0.05, 0.1) is 29.6 Å². The molecule has 0 unspecified atom stereocenters. The van der Waals surface area contributed by atoms with Gasteiger partial charge in [0.1, 0.15) is 5.75 Å². The Morgan fingerprint density at radius 3 is 2.13 bits per heavy atom. The fourth-order valence-corrected chi connectivity index (χ4v) is 14.7. The van der Waals surface area contributed by atoms with Crippen molar-refractivity contribution in [3.8, 4) is 5.75 Å². The summed E-state index contributed by atoms with van der Waals surface area (Å²) in [5, 5.41) is 33.0. The predicted octanol–water partition coefficient (Wildman–Crippen LogP) is 8.39. The van der Waals surface area contributed by atoms with Gasteiger partial charge >= 0.3 is 13.1 Å². The summed E-state index contributed by atoms with van der Waals surface area (Å²) >= 11 is 6.61. The van der Waals surface area contributed by atoms with E-state index in [1.807, 2.05) is 72.8 Å². The molecule has 0 saturated carbocycles. The average Bonchev–Trinajstić information content (AvgIpc) is 3.48. The van der Waals surface area contributed by atoms with E-state index in [1.54, 1.807) is 12.1 Å². The molecule has 318 valence electrons. The molecule has 0 bridgehead atoms. The zero-order chi connectivity index (χ0) is 43.3. The minimum atomic E-state index is -3.04. The first kappa shape index (κ1) is 44.3. The van der Waals surface area contributed by atoms with Crippen LogP contribution in [0, 0.1) is 17.8 Å². The van der Waals surface area contributed by atoms with E-state index in [-0.39, 0.29) is 48.5 Å². The highest BCUT2D eigenvalue weighted by Crippen LogP contribution is 2.51. The van der Waals surface area contributed by atoms with Gasteiger partial charge in [-0.3, -0.25) is 19.3 Å². The zero-order valence-corrected chi connectivity index (χ0v) is 36.9. The van der Waals surface area contributed by atoms with Crippen LogP contribution in [-0.2, 0) is 23.5 Å². The first-order chi connectivity index (χ1) is 29.3. The second-order valence-corrected chi connectivity index (χ2v) is 22.3. The summed E-state index contributed by atoms with van der Waals surface area (Å²) < 4.78 is 14.0. The molecule has 0 radical (unpaired) electrons. The van der Waals surface area contributed by atoms with Crippen molar-refractivity contribution in [1.82, 2.24) is 4.90 Å². The number of halogens is 1. The molecule has 1 aliphatic carbocycles. The van der Waals surface area contributed by atoms with Crippen molar-refractivity contribution in [1.29, 1.82) is 0 Å². The maximum atomic E-state index is 14.4. The van der Waals surface area contributed by atoms with Crippen LogP contribution < -0.4 is 10.4 Å². The number of hydrogen-bond donors (Lipinski definition) is 3. The monoisotopic (exact) mass is 859 g/mol. The van der Waals surface area contributed by atoms with Gasteiger partial charge in [0.2, 0.25) is 11.8 Å². The van der Waals surface area contributed by atoms with Gasteiger partial charge < -0.3 is 24.3 Å². The molecular formula is C49H55BClNO8Si. The third kappa shape index (κ3) is 9.51. The molecule has 4 aromatic carbocycles. The van der Waals surface area contributed by atoms with Crippen LogP contribution in [0.4, 0.5) is 0 Å². The van der Waals surface area contributed by atoms with E-state index in [2.05, 4.69) is 45.0 Å². The van der Waals surface area contributed by atoms with Gasteiger partial charge in [0.25, 0.3) is 8.32 Å². The van der Waals surface area contributed by atoms with Crippen LogP contribution in [0.3, 0.4) is 0 Å². The summed E-state index contributed by atoms with van der Waals surface area (Å²) in [4.78, 5) is 41.3. The highest BCUT2D eigenvalue weighted by Gasteiger charge is 2.58. The van der Waals surface area contributed by atoms with E-state index in [1.165, 1.54) is 11.0 Å². The molecular weight excluding hydrogens is 805 g/mol. The highest BCUT2D eigenvalue weighted by atomic mass is 35.5. The standard InChI is InChI=1S/C49H55BClNO8Si/c1-49(2,3)61(38-18-10-5-11-19-38,39-20-12-6-13-21-39)59-32-36-29-40-46(48(57)52(47(40)56)27-15-7-14-22-44(54)55)41-31-50(58)60-43(45(36)41)26-24-34(33-16-8-4-9-17-33)28-35-23-25-37(53)30-42(35)51/h4-6,8-13,16-21,23,25,28,30,40-41,43,46,53,58H,7,14-15,22,24,26-27,29,31-32H2,1-3H3,(H,54,55)/b34-28-/t40-,41+,43-,46-/m1/s1. The number of carbonyl (C=O) groups is 3. The zero-order valence-electron chi connectivity index (χ0n) is 35.1. The lowest BCUT2D eigenvalue weighted by molar-refractivity contribution is -0.141. The first-order valence-electron chi connectivity index (χ1n) is 21.4. The van der Waals surface area contributed by atoms with Crippen LogP contribution in [0.15, 0.2) is 120 Å². The maximum absolute atomic E-state index is 14.4. The minimum Gasteiger partial charge on any atom is -0.508 e. The van der Waals surface area contributed by atoms with E-state index in [9.17, 15) is 24.5 Å². The molecule has 9 nitrogen and oxygen atoms in total. The number of aliphatic carboxylic acids is 1. The molecule has 2 fully saturated rings. The molecule has 7 rings (SSSR count). The second-order valence-electron chi connectivity index (χ2n) is 17.6. The Morgan fingerprint density at radius 2 is 1.52 bits per heavy atom. The number of allylic oxidation sites excluding steroid dienone is 1. The van der Waals surface area contributed by atoms with E-state index < -0.39 is 45.3 Å². The fourth-order valence-electron chi connectivity index (χ4n) is 9.92. The van der Waals surface area contributed by atoms with Crippen LogP contribution in [-0.4, -0.2) is 72.6 Å². The van der Waals surface area contributed by atoms with E-state index in [4.69, 9.17) is 25.8 Å². The van der Waals surface area contributed by atoms with Gasteiger partial charge in [-0.25, -0.2) is 0 Å². The van der Waals surface area contributed by atoms with Crippen molar-refractivity contribution in [3.63, 3.8) is 0 Å². The number of fused-ring (bicyclic) bond motifs is 3. The number of nitrogens with zero attached hydrogens (tertiary/aromatic N) is 1. The quantitative estimate of drug-likeness (QED) is 0.0337. The number of amides is 2. The Labute approximate surface area is 365 Å². The molecule has 3 N–H and O–H groups in total. The number of phenols is 1. The van der Waals surface area contributed by atoms with Crippen molar-refractivity contribution in [2.45, 2.75) is 83.2 Å². The Hall–Kier alpha value is -4.78. The summed E-state index contributed by atoms with van der Waals surface area (Å²) in [7, 11) is -4.19. The van der Waals surface area contributed by atoms with Crippen molar-refractivity contribution in [2.75, 3.05) is 13.2 Å². The Morgan fingerprint density at radius 1 is 0.885 bits per heavy atom. The Bertz CT molecular complexity index is 2220. The van der Waals surface area contributed by atoms with Gasteiger partial charge in [0, 0.05) is 13.0 Å². The van der Waals surface area contributed by atoms with Gasteiger partial charge in [-0.15, -0.1) is 0 Å². The number of imide groups is 1. The number of carboxylic acids is 1. The number of carbonyl (C=O) groups excluding carboxylic acids is 2. The molecule has 61 heavy (non-hydrogen) atoms. The van der Waals surface area contributed by atoms with Crippen LogP contribution in [0.1, 0.15) is 76.8 Å². The molecule has 4 aromatic rings. The van der Waals surface area contributed by atoms with Gasteiger partial charge in [0.15, 0.2) is 0 Å². The molecule has 3 aliphatic rings. The lowest BCUT2D eigenvalue weighted by atomic mass is 9.58. The molecule has 2 amide bonds. The number of benzene rings is 4. The molecule has 4 atom stereocenters. The van der Waals surface area contributed by atoms with Gasteiger partial charge in [-0.05, 0) is 112 Å². The molecule has 12 heteroatoms. The maximum Gasteiger partial charge on any atom is 0.455 e. The smallest absolute Gasteiger partial charge is 0.455 e. The Balaban J connectivity index is 1.29. The number of phenolic OH excluding ortho intramolecular Hbond substituents is 1. The summed E-state index contributed by atoms with van der Waals surface area (Å²) in [6, 6.07) is 35.7. The van der Waals surface area contributed by atoms with E-state index in [0.29, 0.717) is 43.5 Å². The number of aromatic hydroxyl groups is 1. The molecule has 2 saturated heterocycles. The largest absolute Gasteiger partial charge is 0.508 e. The number of likely N-dealkylation sites (tertiary alicyclic amines) is 1. The van der Waals surface area contributed by atoms with Crippen molar-refractivity contribution < 1.29 is 38.7 Å². The number of rotatable bonds is 16. The summed E-state index contributed by atoms with van der Waals surface area (Å²) in [5.74, 6) is -2.95. The predicted molar refractivity (Wildman–Crippen MR) is 243 cm³/mol. The third-order valence-corrected chi connectivity index (χ3v) is 18.0. The number of hydrogen-bond acceptors (Lipinski definition) is 7. The molecule has 0 spiro atoms. The normalized spacial score (nSPS) is 20.8.